The van der Waals surface area contributed by atoms with E-state index in [1.165, 1.54) is 0 Å². The lowest BCUT2D eigenvalue weighted by Crippen LogP contribution is -2.41. The van der Waals surface area contributed by atoms with E-state index in [1.807, 2.05) is 0 Å². The first-order chi connectivity index (χ1) is 5.47. The number of rotatable bonds is 2. The van der Waals surface area contributed by atoms with Gasteiger partial charge in [0.1, 0.15) is 0 Å². The largest absolute Gasteiger partial charge is 0.391 e. The third-order valence-electron chi connectivity index (χ3n) is 2.08. The average molecular weight is 183 g/mol. The Kier molecular flexibility index (Phi) is 2.63. The monoisotopic (exact) mass is 183 g/mol. The van der Waals surface area contributed by atoms with E-state index >= 15 is 0 Å². The molecular formula is C7H12F3NO. The standard InChI is InChI=1S/C7H12F3NO/c8-7(9,10)4-6(5-11)2-1-3-12-6/h1-5,11H2. The van der Waals surface area contributed by atoms with Gasteiger partial charge in [-0.3, -0.25) is 0 Å². The normalized spacial score (nSPS) is 31.0. The van der Waals surface area contributed by atoms with Crippen LogP contribution in [-0.4, -0.2) is 24.9 Å². The molecule has 0 spiro atoms. The lowest BCUT2D eigenvalue weighted by Gasteiger charge is -2.27. The minimum atomic E-state index is -4.18. The quantitative estimate of drug-likeness (QED) is 0.703. The highest BCUT2D eigenvalue weighted by molar-refractivity contribution is 4.88. The van der Waals surface area contributed by atoms with Crippen molar-refractivity contribution in [3.05, 3.63) is 0 Å². The smallest absolute Gasteiger partial charge is 0.373 e. The Hall–Kier alpha value is -0.290. The number of alkyl halides is 3. The second-order valence-electron chi connectivity index (χ2n) is 3.13. The van der Waals surface area contributed by atoms with Gasteiger partial charge >= 0.3 is 6.18 Å². The van der Waals surface area contributed by atoms with Gasteiger partial charge in [-0.05, 0) is 12.8 Å². The fourth-order valence-corrected chi connectivity index (χ4v) is 1.49. The maximum atomic E-state index is 12.0. The van der Waals surface area contributed by atoms with E-state index in [0.29, 0.717) is 19.4 Å². The molecule has 5 heteroatoms. The van der Waals surface area contributed by atoms with Crippen LogP contribution < -0.4 is 5.73 Å². The van der Waals surface area contributed by atoms with Gasteiger partial charge in [0.15, 0.2) is 0 Å². The van der Waals surface area contributed by atoms with E-state index in [2.05, 4.69) is 0 Å². The van der Waals surface area contributed by atoms with Gasteiger partial charge in [0.05, 0.1) is 12.0 Å². The molecule has 0 amide bonds. The van der Waals surface area contributed by atoms with Gasteiger partial charge in [0.2, 0.25) is 0 Å². The van der Waals surface area contributed by atoms with Gasteiger partial charge in [-0.2, -0.15) is 13.2 Å². The summed E-state index contributed by atoms with van der Waals surface area (Å²) in [6.45, 7) is 0.347. The van der Waals surface area contributed by atoms with Crippen molar-refractivity contribution in [1.82, 2.24) is 0 Å². The Morgan fingerprint density at radius 2 is 2.08 bits per heavy atom. The summed E-state index contributed by atoms with van der Waals surface area (Å²) in [4.78, 5) is 0. The zero-order chi connectivity index (χ0) is 9.24. The highest BCUT2D eigenvalue weighted by atomic mass is 19.4. The molecule has 0 saturated carbocycles. The van der Waals surface area contributed by atoms with Crippen LogP contribution in [0.15, 0.2) is 0 Å². The summed E-state index contributed by atoms with van der Waals surface area (Å²) in [5, 5.41) is 0. The van der Waals surface area contributed by atoms with Crippen molar-refractivity contribution < 1.29 is 17.9 Å². The summed E-state index contributed by atoms with van der Waals surface area (Å²) in [7, 11) is 0. The molecule has 0 bridgehead atoms. The molecule has 1 saturated heterocycles. The number of nitrogens with two attached hydrogens (primary N) is 1. The Balaban J connectivity index is 2.55. The Morgan fingerprint density at radius 3 is 2.42 bits per heavy atom. The molecule has 0 aromatic rings. The molecule has 0 aromatic carbocycles. The van der Waals surface area contributed by atoms with Gasteiger partial charge in [-0.25, -0.2) is 0 Å². The SMILES string of the molecule is NCC1(CC(F)(F)F)CCCO1. The molecule has 1 aliphatic heterocycles. The number of hydrogen-bond donors (Lipinski definition) is 1. The molecule has 1 fully saturated rings. The van der Waals surface area contributed by atoms with Crippen LogP contribution in [0, 0.1) is 0 Å². The van der Waals surface area contributed by atoms with Crippen LogP contribution in [0.25, 0.3) is 0 Å². The zero-order valence-corrected chi connectivity index (χ0v) is 6.66. The minimum absolute atomic E-state index is 0.0491. The first kappa shape index (κ1) is 9.80. The van der Waals surface area contributed by atoms with Crippen molar-refractivity contribution in [3.63, 3.8) is 0 Å². The molecule has 2 N–H and O–H groups in total. The van der Waals surface area contributed by atoms with Crippen LogP contribution >= 0.6 is 0 Å². The summed E-state index contributed by atoms with van der Waals surface area (Å²) in [5.74, 6) is 0. The number of halogens is 3. The molecule has 1 rings (SSSR count). The van der Waals surface area contributed by atoms with Gasteiger partial charge in [0, 0.05) is 13.2 Å². The summed E-state index contributed by atoms with van der Waals surface area (Å²) in [6.07, 6.45) is -4.00. The van der Waals surface area contributed by atoms with Crippen LogP contribution in [0.4, 0.5) is 13.2 Å². The van der Waals surface area contributed by atoms with Crippen molar-refractivity contribution in [2.24, 2.45) is 5.73 Å². The minimum Gasteiger partial charge on any atom is -0.373 e. The van der Waals surface area contributed by atoms with Gasteiger partial charge in [-0.15, -0.1) is 0 Å². The van der Waals surface area contributed by atoms with Crippen molar-refractivity contribution in [2.75, 3.05) is 13.2 Å². The first-order valence-electron chi connectivity index (χ1n) is 3.88. The lowest BCUT2D eigenvalue weighted by atomic mass is 9.96. The van der Waals surface area contributed by atoms with Crippen molar-refractivity contribution in [1.29, 1.82) is 0 Å². The Morgan fingerprint density at radius 1 is 1.42 bits per heavy atom. The van der Waals surface area contributed by atoms with E-state index in [4.69, 9.17) is 10.5 Å². The summed E-state index contributed by atoms with van der Waals surface area (Å²) >= 11 is 0. The molecule has 0 radical (unpaired) electrons. The lowest BCUT2D eigenvalue weighted by molar-refractivity contribution is -0.176. The topological polar surface area (TPSA) is 35.2 Å². The zero-order valence-electron chi connectivity index (χ0n) is 6.66. The molecule has 1 aliphatic rings. The van der Waals surface area contributed by atoms with Gasteiger partial charge in [0.25, 0.3) is 0 Å². The predicted octanol–water partition coefficient (Wildman–Crippen LogP) is 1.45. The third kappa shape index (κ3) is 2.35. The molecular weight excluding hydrogens is 171 g/mol. The van der Waals surface area contributed by atoms with E-state index in [1.54, 1.807) is 0 Å². The van der Waals surface area contributed by atoms with Gasteiger partial charge in [-0.1, -0.05) is 0 Å². The van der Waals surface area contributed by atoms with Crippen LogP contribution in [0.2, 0.25) is 0 Å². The van der Waals surface area contributed by atoms with Crippen LogP contribution in [-0.2, 0) is 4.74 Å². The summed E-state index contributed by atoms with van der Waals surface area (Å²) in [5.41, 5.74) is 4.12. The van der Waals surface area contributed by atoms with Crippen LogP contribution in [0.5, 0.6) is 0 Å². The highest BCUT2D eigenvalue weighted by Gasteiger charge is 2.44. The Labute approximate surface area is 68.9 Å². The molecule has 1 unspecified atom stereocenters. The summed E-state index contributed by atoms with van der Waals surface area (Å²) in [6, 6.07) is 0. The highest BCUT2D eigenvalue weighted by Crippen LogP contribution is 2.35. The molecule has 0 aromatic heterocycles. The fraction of sp³-hybridized carbons (Fsp3) is 1.00. The Bertz CT molecular complexity index is 151. The van der Waals surface area contributed by atoms with Crippen molar-refractivity contribution >= 4 is 0 Å². The second kappa shape index (κ2) is 3.22. The van der Waals surface area contributed by atoms with Gasteiger partial charge < -0.3 is 10.5 Å². The van der Waals surface area contributed by atoms with Crippen molar-refractivity contribution in [3.8, 4) is 0 Å². The van der Waals surface area contributed by atoms with E-state index in [0.717, 1.165) is 0 Å². The van der Waals surface area contributed by atoms with Crippen LogP contribution in [0.1, 0.15) is 19.3 Å². The average Bonchev–Trinajstić information content (AvgIpc) is 2.34. The molecule has 0 aliphatic carbocycles. The number of hydrogen-bond acceptors (Lipinski definition) is 2. The predicted molar refractivity (Wildman–Crippen MR) is 37.6 cm³/mol. The van der Waals surface area contributed by atoms with E-state index < -0.39 is 18.2 Å². The molecule has 72 valence electrons. The number of ether oxygens (including phenoxy) is 1. The maximum absolute atomic E-state index is 12.0. The molecule has 1 heterocycles. The second-order valence-corrected chi connectivity index (χ2v) is 3.13. The first-order valence-corrected chi connectivity index (χ1v) is 3.88. The van der Waals surface area contributed by atoms with Crippen LogP contribution in [0.3, 0.4) is 0 Å². The molecule has 2 nitrogen and oxygen atoms in total. The summed E-state index contributed by atoms with van der Waals surface area (Å²) < 4.78 is 41.0. The molecule has 12 heavy (non-hydrogen) atoms. The van der Waals surface area contributed by atoms with E-state index in [-0.39, 0.29) is 6.54 Å². The third-order valence-corrected chi connectivity index (χ3v) is 2.08. The maximum Gasteiger partial charge on any atom is 0.391 e. The van der Waals surface area contributed by atoms with Crippen molar-refractivity contribution in [2.45, 2.75) is 31.0 Å². The fourth-order valence-electron chi connectivity index (χ4n) is 1.49. The molecule has 1 atom stereocenters. The van der Waals surface area contributed by atoms with E-state index in [9.17, 15) is 13.2 Å².